The van der Waals surface area contributed by atoms with Gasteiger partial charge in [-0.2, -0.15) is 11.8 Å². The highest BCUT2D eigenvalue weighted by Crippen LogP contribution is 2.40. The van der Waals surface area contributed by atoms with E-state index in [0.717, 1.165) is 49.5 Å². The molecule has 0 spiro atoms. The molecule has 7 heteroatoms. The van der Waals surface area contributed by atoms with E-state index in [-0.39, 0.29) is 0 Å². The first-order valence-electron chi connectivity index (χ1n) is 11.6. The molecule has 0 radical (unpaired) electrons. The van der Waals surface area contributed by atoms with Crippen LogP contribution in [-0.4, -0.2) is 66.7 Å². The molecule has 2 N–H and O–H groups in total. The Morgan fingerprint density at radius 3 is 2.65 bits per heavy atom. The minimum absolute atomic E-state index is 0.565. The third-order valence-corrected chi connectivity index (χ3v) is 8.23. The van der Waals surface area contributed by atoms with Gasteiger partial charge in [0.05, 0.1) is 11.3 Å². The van der Waals surface area contributed by atoms with Crippen molar-refractivity contribution in [3.63, 3.8) is 0 Å². The predicted octanol–water partition coefficient (Wildman–Crippen LogP) is 3.42. The van der Waals surface area contributed by atoms with Crippen LogP contribution in [0.5, 0.6) is 5.75 Å². The van der Waals surface area contributed by atoms with Gasteiger partial charge in [0, 0.05) is 55.6 Å². The van der Waals surface area contributed by atoms with E-state index in [1.807, 2.05) is 18.0 Å². The summed E-state index contributed by atoms with van der Waals surface area (Å²) in [4.78, 5) is 9.83. The van der Waals surface area contributed by atoms with Crippen LogP contribution in [0.25, 0.3) is 0 Å². The standard InChI is InChI=1S/C24H31N5OS/c1-2-23-21(13-18(1)17-4-7-28(8-5-17)19-14-25-15-19)27-24-20(16-30-23)22(3-6-26-24)29-9-11-31-12-10-29/h1-3,6,13,17,19,25H,4-5,7-12,14-16H2,(H,26,27). The lowest BCUT2D eigenvalue weighted by Gasteiger charge is -2.42. The molecule has 31 heavy (non-hydrogen) atoms. The van der Waals surface area contributed by atoms with Gasteiger partial charge in [-0.15, -0.1) is 0 Å². The van der Waals surface area contributed by atoms with Crippen LogP contribution >= 0.6 is 11.8 Å². The fourth-order valence-electron chi connectivity index (χ4n) is 5.26. The monoisotopic (exact) mass is 437 g/mol. The van der Waals surface area contributed by atoms with Crippen LogP contribution in [0, 0.1) is 0 Å². The molecule has 3 fully saturated rings. The van der Waals surface area contributed by atoms with Crippen molar-refractivity contribution >= 4 is 29.0 Å². The van der Waals surface area contributed by atoms with Crippen LogP contribution in [0.1, 0.15) is 29.9 Å². The number of pyridine rings is 1. The van der Waals surface area contributed by atoms with Crippen LogP contribution in [0.4, 0.5) is 17.2 Å². The minimum atomic E-state index is 0.565. The number of ether oxygens (including phenoxy) is 1. The maximum atomic E-state index is 6.27. The second kappa shape index (κ2) is 8.52. The Labute approximate surface area is 188 Å². The average molecular weight is 438 g/mol. The van der Waals surface area contributed by atoms with E-state index in [1.54, 1.807) is 0 Å². The van der Waals surface area contributed by atoms with Crippen molar-refractivity contribution in [1.82, 2.24) is 15.2 Å². The van der Waals surface area contributed by atoms with Crippen molar-refractivity contribution in [3.05, 3.63) is 41.6 Å². The van der Waals surface area contributed by atoms with Crippen LogP contribution in [0.2, 0.25) is 0 Å². The molecule has 0 bridgehead atoms. The van der Waals surface area contributed by atoms with Crippen molar-refractivity contribution in [2.75, 3.05) is 61.0 Å². The fourth-order valence-corrected chi connectivity index (χ4v) is 6.17. The summed E-state index contributed by atoms with van der Waals surface area (Å²) in [6, 6.07) is 9.65. The van der Waals surface area contributed by atoms with Gasteiger partial charge >= 0.3 is 0 Å². The Bertz CT molecular complexity index is 936. The molecule has 0 aliphatic carbocycles. The zero-order valence-electron chi connectivity index (χ0n) is 18.0. The van der Waals surface area contributed by atoms with E-state index >= 15 is 0 Å². The van der Waals surface area contributed by atoms with Gasteiger partial charge < -0.3 is 20.3 Å². The van der Waals surface area contributed by atoms with Gasteiger partial charge in [-0.3, -0.25) is 4.90 Å². The normalized spacial score (nSPS) is 22.5. The van der Waals surface area contributed by atoms with E-state index in [4.69, 9.17) is 4.74 Å². The largest absolute Gasteiger partial charge is 0.487 e. The molecule has 4 aliphatic rings. The summed E-state index contributed by atoms with van der Waals surface area (Å²) in [5, 5.41) is 7.02. The quantitative estimate of drug-likeness (QED) is 0.763. The number of likely N-dealkylation sites (tertiary alicyclic amines) is 1. The van der Waals surface area contributed by atoms with E-state index in [1.165, 1.54) is 54.3 Å². The molecule has 0 unspecified atom stereocenters. The topological polar surface area (TPSA) is 52.7 Å². The lowest BCUT2D eigenvalue weighted by molar-refractivity contribution is 0.113. The van der Waals surface area contributed by atoms with Crippen LogP contribution in [0.3, 0.4) is 0 Å². The Morgan fingerprint density at radius 2 is 1.87 bits per heavy atom. The summed E-state index contributed by atoms with van der Waals surface area (Å²) < 4.78 is 6.27. The van der Waals surface area contributed by atoms with Crippen LogP contribution in [0.15, 0.2) is 30.5 Å². The second-order valence-electron chi connectivity index (χ2n) is 9.05. The lowest BCUT2D eigenvalue weighted by Crippen LogP contribution is -2.58. The third kappa shape index (κ3) is 3.88. The number of nitrogens with one attached hydrogen (secondary N) is 2. The summed E-state index contributed by atoms with van der Waals surface area (Å²) in [5.74, 6) is 4.87. The van der Waals surface area contributed by atoms with Crippen molar-refractivity contribution in [1.29, 1.82) is 0 Å². The van der Waals surface area contributed by atoms with E-state index < -0.39 is 0 Å². The number of piperidine rings is 1. The predicted molar refractivity (Wildman–Crippen MR) is 128 cm³/mol. The second-order valence-corrected chi connectivity index (χ2v) is 10.3. The van der Waals surface area contributed by atoms with Gasteiger partial charge in [0.15, 0.2) is 0 Å². The molecule has 6 nitrogen and oxygen atoms in total. The molecule has 0 saturated carbocycles. The first kappa shape index (κ1) is 19.7. The summed E-state index contributed by atoms with van der Waals surface area (Å²) in [7, 11) is 0. The number of hydrogen-bond acceptors (Lipinski definition) is 7. The number of nitrogens with zero attached hydrogens (tertiary/aromatic N) is 3. The summed E-state index contributed by atoms with van der Waals surface area (Å²) in [6.07, 6.45) is 4.41. The number of anilines is 3. The first-order valence-corrected chi connectivity index (χ1v) is 12.8. The highest BCUT2D eigenvalue weighted by Gasteiger charge is 2.29. The van der Waals surface area contributed by atoms with Gasteiger partial charge in [0.25, 0.3) is 0 Å². The molecule has 164 valence electrons. The Balaban J connectivity index is 1.21. The summed E-state index contributed by atoms with van der Waals surface area (Å²) in [5.41, 5.74) is 4.92. The molecule has 3 saturated heterocycles. The minimum Gasteiger partial charge on any atom is -0.487 e. The Morgan fingerprint density at radius 1 is 1.03 bits per heavy atom. The third-order valence-electron chi connectivity index (χ3n) is 7.29. The average Bonchev–Trinajstić information content (AvgIpc) is 2.97. The van der Waals surface area contributed by atoms with Gasteiger partial charge in [0.1, 0.15) is 18.2 Å². The molecule has 4 aliphatic heterocycles. The van der Waals surface area contributed by atoms with Crippen LogP contribution in [-0.2, 0) is 6.61 Å². The molecule has 0 atom stereocenters. The van der Waals surface area contributed by atoms with Crippen molar-refractivity contribution in [3.8, 4) is 5.75 Å². The summed E-state index contributed by atoms with van der Waals surface area (Å²) >= 11 is 2.04. The Kier molecular flexibility index (Phi) is 5.42. The molecule has 1 aromatic carbocycles. The first-order chi connectivity index (χ1) is 15.3. The van der Waals surface area contributed by atoms with Gasteiger partial charge in [0.2, 0.25) is 0 Å². The molecule has 1 aromatic heterocycles. The van der Waals surface area contributed by atoms with Crippen molar-refractivity contribution < 1.29 is 4.74 Å². The molecular weight excluding hydrogens is 406 g/mol. The zero-order chi connectivity index (χ0) is 20.6. The van der Waals surface area contributed by atoms with Crippen molar-refractivity contribution in [2.24, 2.45) is 0 Å². The molecular formula is C24H31N5OS. The lowest BCUT2D eigenvalue weighted by atomic mass is 9.88. The summed E-state index contributed by atoms with van der Waals surface area (Å²) in [6.45, 7) is 7.49. The number of aromatic nitrogens is 1. The number of hydrogen-bond donors (Lipinski definition) is 2. The molecule has 6 rings (SSSR count). The molecule has 2 aromatic rings. The smallest absolute Gasteiger partial charge is 0.143 e. The van der Waals surface area contributed by atoms with E-state index in [2.05, 4.69) is 49.7 Å². The fraction of sp³-hybridized carbons (Fsp3) is 0.542. The van der Waals surface area contributed by atoms with Gasteiger partial charge in [-0.1, -0.05) is 6.07 Å². The van der Waals surface area contributed by atoms with E-state index in [0.29, 0.717) is 12.5 Å². The zero-order valence-corrected chi connectivity index (χ0v) is 18.8. The highest BCUT2D eigenvalue weighted by molar-refractivity contribution is 7.99. The number of fused-ring (bicyclic) bond motifs is 2. The van der Waals surface area contributed by atoms with E-state index in [9.17, 15) is 0 Å². The van der Waals surface area contributed by atoms with Gasteiger partial charge in [-0.25, -0.2) is 4.98 Å². The molecule has 5 heterocycles. The number of rotatable bonds is 3. The number of thioether (sulfide) groups is 1. The van der Waals surface area contributed by atoms with Gasteiger partial charge in [-0.05, 0) is 55.6 Å². The Hall–Kier alpha value is -1.96. The maximum absolute atomic E-state index is 6.27. The van der Waals surface area contributed by atoms with Crippen LogP contribution < -0.4 is 20.3 Å². The number of benzene rings is 1. The maximum Gasteiger partial charge on any atom is 0.143 e. The van der Waals surface area contributed by atoms with Crippen molar-refractivity contribution in [2.45, 2.75) is 31.4 Å². The highest BCUT2D eigenvalue weighted by atomic mass is 32.2. The SMILES string of the molecule is c1cc(N2CCSCC2)c2c(n1)Nc1cc(C3CCN(C4CNC4)CC3)ccc1OC2. The molecule has 0 amide bonds.